The minimum absolute atomic E-state index is 0.0744. The van der Waals surface area contributed by atoms with Crippen LogP contribution < -0.4 is 0 Å². The fourth-order valence-electron chi connectivity index (χ4n) is 1.54. The van der Waals surface area contributed by atoms with E-state index < -0.39 is 12.1 Å². The number of aliphatic carboxylic acids is 1. The molecule has 1 aliphatic rings. The van der Waals surface area contributed by atoms with Gasteiger partial charge in [0.05, 0.1) is 12.5 Å². The van der Waals surface area contributed by atoms with E-state index in [1.54, 1.807) is 6.08 Å². The van der Waals surface area contributed by atoms with Crippen molar-refractivity contribution in [2.24, 2.45) is 5.92 Å². The van der Waals surface area contributed by atoms with Gasteiger partial charge in [0.25, 0.3) is 0 Å². The van der Waals surface area contributed by atoms with Gasteiger partial charge in [-0.25, -0.2) is 0 Å². The van der Waals surface area contributed by atoms with E-state index in [-0.39, 0.29) is 12.3 Å². The van der Waals surface area contributed by atoms with Crippen molar-refractivity contribution < 1.29 is 15.0 Å². The lowest BCUT2D eigenvalue weighted by molar-refractivity contribution is -0.139. The summed E-state index contributed by atoms with van der Waals surface area (Å²) in [6.45, 7) is 1.96. The molecule has 0 fully saturated rings. The van der Waals surface area contributed by atoms with Crippen molar-refractivity contribution in [3.05, 3.63) is 11.6 Å². The highest BCUT2D eigenvalue weighted by molar-refractivity contribution is 5.67. The number of carboxylic acid groups (broad SMARTS) is 1. The third-order valence-corrected chi connectivity index (χ3v) is 2.28. The quantitative estimate of drug-likeness (QED) is 0.612. The van der Waals surface area contributed by atoms with Crippen LogP contribution in [0.1, 0.15) is 26.2 Å². The fourth-order valence-corrected chi connectivity index (χ4v) is 1.54. The van der Waals surface area contributed by atoms with Crippen LogP contribution in [0, 0.1) is 5.92 Å². The third-order valence-electron chi connectivity index (χ3n) is 2.28. The molecular weight excluding hydrogens is 156 g/mol. The van der Waals surface area contributed by atoms with E-state index in [1.165, 1.54) is 0 Å². The van der Waals surface area contributed by atoms with Crippen LogP contribution in [0.15, 0.2) is 11.6 Å². The van der Waals surface area contributed by atoms with Crippen molar-refractivity contribution in [2.45, 2.75) is 32.3 Å². The van der Waals surface area contributed by atoms with Crippen LogP contribution in [-0.2, 0) is 4.79 Å². The second kappa shape index (κ2) is 3.72. The normalized spacial score (nSPS) is 29.7. The number of carboxylic acids is 1. The molecule has 3 heteroatoms. The number of rotatable bonds is 2. The molecule has 12 heavy (non-hydrogen) atoms. The van der Waals surface area contributed by atoms with Gasteiger partial charge in [-0.15, -0.1) is 0 Å². The summed E-state index contributed by atoms with van der Waals surface area (Å²) in [5.74, 6) is -0.918. The third kappa shape index (κ3) is 2.34. The molecule has 0 aromatic rings. The first-order chi connectivity index (χ1) is 5.59. The average Bonchev–Trinajstić information content (AvgIpc) is 1.94. The number of hydrogen-bond donors (Lipinski definition) is 2. The predicted molar refractivity (Wildman–Crippen MR) is 44.7 cm³/mol. The summed E-state index contributed by atoms with van der Waals surface area (Å²) in [6, 6.07) is 0. The Kier molecular flexibility index (Phi) is 2.87. The molecule has 0 amide bonds. The Morgan fingerprint density at radius 1 is 1.75 bits per heavy atom. The summed E-state index contributed by atoms with van der Waals surface area (Å²) in [4.78, 5) is 10.4. The maximum absolute atomic E-state index is 10.4. The minimum Gasteiger partial charge on any atom is -0.481 e. The van der Waals surface area contributed by atoms with Crippen molar-refractivity contribution in [1.82, 2.24) is 0 Å². The molecule has 0 unspecified atom stereocenters. The summed E-state index contributed by atoms with van der Waals surface area (Å²) in [7, 11) is 0. The van der Waals surface area contributed by atoms with Gasteiger partial charge in [0.15, 0.2) is 0 Å². The summed E-state index contributed by atoms with van der Waals surface area (Å²) in [5.41, 5.74) is 1.16. The van der Waals surface area contributed by atoms with E-state index in [1.807, 2.05) is 6.92 Å². The van der Waals surface area contributed by atoms with Crippen LogP contribution in [-0.4, -0.2) is 22.3 Å². The second-order valence-electron chi connectivity index (χ2n) is 3.40. The standard InChI is InChI=1S/C9H14O3/c1-6-2-3-7(5-9(11)12)8(10)4-6/h4,7-8,10H,2-3,5H2,1H3,(H,11,12)/t7-,8-/m0/s1. The summed E-state index contributed by atoms with van der Waals surface area (Å²) < 4.78 is 0. The minimum atomic E-state index is -0.827. The molecule has 0 heterocycles. The van der Waals surface area contributed by atoms with Gasteiger partial charge in [0.2, 0.25) is 0 Å². The Balaban J connectivity index is 2.53. The van der Waals surface area contributed by atoms with Crippen molar-refractivity contribution in [3.63, 3.8) is 0 Å². The molecule has 0 saturated carbocycles. The van der Waals surface area contributed by atoms with Gasteiger partial charge in [0.1, 0.15) is 0 Å². The summed E-state index contributed by atoms with van der Waals surface area (Å²) in [6.07, 6.45) is 2.97. The highest BCUT2D eigenvalue weighted by Crippen LogP contribution is 2.25. The van der Waals surface area contributed by atoms with Gasteiger partial charge in [-0.2, -0.15) is 0 Å². The molecule has 0 saturated heterocycles. The van der Waals surface area contributed by atoms with Crippen LogP contribution in [0.4, 0.5) is 0 Å². The second-order valence-corrected chi connectivity index (χ2v) is 3.40. The summed E-state index contributed by atoms with van der Waals surface area (Å²) >= 11 is 0. The topological polar surface area (TPSA) is 57.5 Å². The molecule has 2 N–H and O–H groups in total. The number of carbonyl (C=O) groups is 1. The van der Waals surface area contributed by atoms with Gasteiger partial charge in [-0.3, -0.25) is 4.79 Å². The molecule has 1 aliphatic carbocycles. The fraction of sp³-hybridized carbons (Fsp3) is 0.667. The van der Waals surface area contributed by atoms with Crippen LogP contribution in [0.5, 0.6) is 0 Å². The molecule has 68 valence electrons. The molecular formula is C9H14O3. The maximum Gasteiger partial charge on any atom is 0.303 e. The van der Waals surface area contributed by atoms with E-state index in [0.717, 1.165) is 18.4 Å². The van der Waals surface area contributed by atoms with Crippen molar-refractivity contribution in [2.75, 3.05) is 0 Å². The molecule has 0 radical (unpaired) electrons. The van der Waals surface area contributed by atoms with E-state index in [0.29, 0.717) is 0 Å². The maximum atomic E-state index is 10.4. The van der Waals surface area contributed by atoms with Gasteiger partial charge in [-0.1, -0.05) is 11.6 Å². The number of hydrogen-bond acceptors (Lipinski definition) is 2. The van der Waals surface area contributed by atoms with E-state index in [4.69, 9.17) is 5.11 Å². The highest BCUT2D eigenvalue weighted by Gasteiger charge is 2.23. The first-order valence-corrected chi connectivity index (χ1v) is 4.16. The zero-order chi connectivity index (χ0) is 9.14. The van der Waals surface area contributed by atoms with Gasteiger partial charge < -0.3 is 10.2 Å². The predicted octanol–water partition coefficient (Wildman–Crippen LogP) is 1.18. The molecule has 0 spiro atoms. The van der Waals surface area contributed by atoms with Gasteiger partial charge in [-0.05, 0) is 25.7 Å². The average molecular weight is 170 g/mol. The van der Waals surface area contributed by atoms with Gasteiger partial charge >= 0.3 is 5.97 Å². The number of allylic oxidation sites excluding steroid dienone is 1. The molecule has 0 bridgehead atoms. The molecule has 0 aliphatic heterocycles. The number of aliphatic hydroxyl groups excluding tert-OH is 1. The lowest BCUT2D eigenvalue weighted by atomic mass is 9.86. The number of aliphatic hydroxyl groups is 1. The summed E-state index contributed by atoms with van der Waals surface area (Å²) in [5, 5.41) is 18.0. The van der Waals surface area contributed by atoms with Crippen molar-refractivity contribution >= 4 is 5.97 Å². The monoisotopic (exact) mass is 170 g/mol. The van der Waals surface area contributed by atoms with Crippen LogP contribution in [0.2, 0.25) is 0 Å². The Bertz CT molecular complexity index is 208. The van der Waals surface area contributed by atoms with E-state index in [9.17, 15) is 9.90 Å². The molecule has 0 aromatic carbocycles. The first-order valence-electron chi connectivity index (χ1n) is 4.16. The Hall–Kier alpha value is -0.830. The lowest BCUT2D eigenvalue weighted by Crippen LogP contribution is -2.24. The Morgan fingerprint density at radius 2 is 2.42 bits per heavy atom. The Labute approximate surface area is 71.7 Å². The zero-order valence-corrected chi connectivity index (χ0v) is 7.16. The zero-order valence-electron chi connectivity index (χ0n) is 7.16. The SMILES string of the molecule is CC1=C[C@H](O)[C@H](CC(=O)O)CC1. The van der Waals surface area contributed by atoms with Crippen LogP contribution >= 0.6 is 0 Å². The highest BCUT2D eigenvalue weighted by atomic mass is 16.4. The van der Waals surface area contributed by atoms with Crippen molar-refractivity contribution in [3.8, 4) is 0 Å². The molecule has 2 atom stereocenters. The first kappa shape index (κ1) is 9.26. The molecule has 0 aromatic heterocycles. The largest absolute Gasteiger partial charge is 0.481 e. The molecule has 3 nitrogen and oxygen atoms in total. The van der Waals surface area contributed by atoms with E-state index >= 15 is 0 Å². The van der Waals surface area contributed by atoms with E-state index in [2.05, 4.69) is 0 Å². The Morgan fingerprint density at radius 3 is 2.92 bits per heavy atom. The van der Waals surface area contributed by atoms with Gasteiger partial charge in [0, 0.05) is 0 Å². The van der Waals surface area contributed by atoms with Crippen LogP contribution in [0.3, 0.4) is 0 Å². The lowest BCUT2D eigenvalue weighted by Gasteiger charge is -2.24. The molecule has 1 rings (SSSR count). The van der Waals surface area contributed by atoms with Crippen LogP contribution in [0.25, 0.3) is 0 Å². The van der Waals surface area contributed by atoms with Crippen molar-refractivity contribution in [1.29, 1.82) is 0 Å². The smallest absolute Gasteiger partial charge is 0.303 e.